The molecule has 0 heterocycles. The normalized spacial score (nSPS) is 10.0. The van der Waals surface area contributed by atoms with Gasteiger partial charge in [0.25, 0.3) is 0 Å². The summed E-state index contributed by atoms with van der Waals surface area (Å²) < 4.78 is 10.2. The van der Waals surface area contributed by atoms with E-state index in [1.54, 1.807) is 43.3 Å². The van der Waals surface area contributed by atoms with Crippen molar-refractivity contribution in [3.8, 4) is 11.5 Å². The summed E-state index contributed by atoms with van der Waals surface area (Å²) in [4.78, 5) is 24.1. The maximum Gasteiger partial charge on any atom is 0.314 e. The van der Waals surface area contributed by atoms with Gasteiger partial charge in [0.15, 0.2) is 0 Å². The van der Waals surface area contributed by atoms with Gasteiger partial charge in [-0.15, -0.1) is 0 Å². The monoisotopic (exact) mass is 348 g/mol. The van der Waals surface area contributed by atoms with Crippen molar-refractivity contribution in [1.29, 1.82) is 0 Å². The molecule has 2 aromatic carbocycles. The van der Waals surface area contributed by atoms with Crippen molar-refractivity contribution in [3.63, 3.8) is 0 Å². The molecule has 2 aromatic rings. The van der Waals surface area contributed by atoms with Crippen molar-refractivity contribution < 1.29 is 19.1 Å². The van der Waals surface area contributed by atoms with Crippen LogP contribution in [0.15, 0.2) is 36.4 Å². The zero-order chi connectivity index (χ0) is 17.7. The third-order valence-corrected chi connectivity index (χ3v) is 3.67. The van der Waals surface area contributed by atoms with Crippen LogP contribution in [0.3, 0.4) is 0 Å². The van der Waals surface area contributed by atoms with Crippen LogP contribution < -0.4 is 20.1 Å². The topological polar surface area (TPSA) is 76.7 Å². The average Bonchev–Trinajstić information content (AvgIpc) is 2.57. The van der Waals surface area contributed by atoms with Crippen LogP contribution >= 0.6 is 11.6 Å². The highest BCUT2D eigenvalue weighted by atomic mass is 35.5. The first-order valence-electron chi connectivity index (χ1n) is 7.05. The number of halogens is 1. The van der Waals surface area contributed by atoms with Crippen molar-refractivity contribution in [1.82, 2.24) is 0 Å². The molecule has 24 heavy (non-hydrogen) atoms. The molecule has 0 aromatic heterocycles. The third-order valence-electron chi connectivity index (χ3n) is 3.26. The molecule has 6 nitrogen and oxygen atoms in total. The summed E-state index contributed by atoms with van der Waals surface area (Å²) in [6, 6.07) is 9.91. The molecule has 0 saturated heterocycles. The Morgan fingerprint density at radius 2 is 1.71 bits per heavy atom. The number of carbonyl (C=O) groups is 2. The molecule has 0 atom stereocenters. The second-order valence-corrected chi connectivity index (χ2v) is 5.35. The number of hydrogen-bond donors (Lipinski definition) is 2. The van der Waals surface area contributed by atoms with E-state index in [1.165, 1.54) is 14.2 Å². The van der Waals surface area contributed by atoms with Gasteiger partial charge < -0.3 is 20.1 Å². The number of rotatable bonds is 4. The van der Waals surface area contributed by atoms with Gasteiger partial charge in [0, 0.05) is 22.8 Å². The Morgan fingerprint density at radius 3 is 2.38 bits per heavy atom. The molecule has 2 rings (SSSR count). The van der Waals surface area contributed by atoms with Gasteiger partial charge >= 0.3 is 11.8 Å². The van der Waals surface area contributed by atoms with Crippen LogP contribution in [0.1, 0.15) is 5.56 Å². The van der Waals surface area contributed by atoms with Crippen LogP contribution in [0.25, 0.3) is 0 Å². The van der Waals surface area contributed by atoms with Crippen LogP contribution in [-0.4, -0.2) is 26.0 Å². The molecule has 7 heteroatoms. The number of nitrogens with one attached hydrogen (secondary N) is 2. The van der Waals surface area contributed by atoms with Gasteiger partial charge in [-0.05, 0) is 30.7 Å². The first-order valence-corrected chi connectivity index (χ1v) is 7.43. The molecule has 0 spiro atoms. The minimum Gasteiger partial charge on any atom is -0.497 e. The van der Waals surface area contributed by atoms with Gasteiger partial charge in [0.05, 0.1) is 19.9 Å². The van der Waals surface area contributed by atoms with Gasteiger partial charge in [-0.25, -0.2) is 0 Å². The summed E-state index contributed by atoms with van der Waals surface area (Å²) in [6.45, 7) is 1.79. The van der Waals surface area contributed by atoms with E-state index in [1.807, 2.05) is 0 Å². The lowest BCUT2D eigenvalue weighted by atomic mass is 10.2. The fraction of sp³-hybridized carbons (Fsp3) is 0.176. The number of hydrogen-bond acceptors (Lipinski definition) is 4. The molecule has 0 fully saturated rings. The van der Waals surface area contributed by atoms with Crippen LogP contribution in [0.4, 0.5) is 11.4 Å². The molecule has 0 aliphatic heterocycles. The van der Waals surface area contributed by atoms with E-state index in [0.29, 0.717) is 27.9 Å². The second-order valence-electron chi connectivity index (χ2n) is 4.94. The van der Waals surface area contributed by atoms with Gasteiger partial charge in [-0.3, -0.25) is 9.59 Å². The molecular weight excluding hydrogens is 332 g/mol. The quantitative estimate of drug-likeness (QED) is 0.831. The number of ether oxygens (including phenoxy) is 2. The fourth-order valence-corrected chi connectivity index (χ4v) is 2.15. The Bertz CT molecular complexity index is 777. The zero-order valence-electron chi connectivity index (χ0n) is 13.5. The van der Waals surface area contributed by atoms with Crippen LogP contribution in [0, 0.1) is 6.92 Å². The van der Waals surface area contributed by atoms with Crippen LogP contribution in [0.5, 0.6) is 11.5 Å². The average molecular weight is 349 g/mol. The molecule has 0 aliphatic carbocycles. The van der Waals surface area contributed by atoms with Crippen molar-refractivity contribution in [3.05, 3.63) is 47.0 Å². The second kappa shape index (κ2) is 7.70. The Kier molecular flexibility index (Phi) is 5.65. The Hall–Kier alpha value is -2.73. The minimum absolute atomic E-state index is 0.366. The predicted molar refractivity (Wildman–Crippen MR) is 93.0 cm³/mol. The SMILES string of the molecule is COc1cccc(NC(=O)C(=O)Nc2cc(C)c(Cl)cc2OC)c1. The molecular formula is C17H17ClN2O4. The third kappa shape index (κ3) is 4.17. The van der Waals surface area contributed by atoms with Crippen molar-refractivity contribution in [2.24, 2.45) is 0 Å². The number of carbonyl (C=O) groups excluding carboxylic acids is 2. The summed E-state index contributed by atoms with van der Waals surface area (Å²) in [5.41, 5.74) is 1.57. The molecule has 2 amide bonds. The Morgan fingerprint density at radius 1 is 1.00 bits per heavy atom. The maximum absolute atomic E-state index is 12.1. The maximum atomic E-state index is 12.1. The number of benzene rings is 2. The zero-order valence-corrected chi connectivity index (χ0v) is 14.2. The Balaban J connectivity index is 2.11. The summed E-state index contributed by atoms with van der Waals surface area (Å²) in [5.74, 6) is -0.688. The molecule has 0 saturated carbocycles. The van der Waals surface area contributed by atoms with E-state index in [4.69, 9.17) is 21.1 Å². The van der Waals surface area contributed by atoms with E-state index in [0.717, 1.165) is 5.56 Å². The van der Waals surface area contributed by atoms with Crippen LogP contribution in [0.2, 0.25) is 5.02 Å². The van der Waals surface area contributed by atoms with Crippen LogP contribution in [-0.2, 0) is 9.59 Å². The van der Waals surface area contributed by atoms with E-state index in [9.17, 15) is 9.59 Å². The highest BCUT2D eigenvalue weighted by molar-refractivity contribution is 6.43. The molecule has 0 radical (unpaired) electrons. The number of anilines is 2. The van der Waals surface area contributed by atoms with Crippen molar-refractivity contribution in [2.45, 2.75) is 6.92 Å². The largest absolute Gasteiger partial charge is 0.497 e. The lowest BCUT2D eigenvalue weighted by Crippen LogP contribution is -2.29. The standard InChI is InChI=1S/C17H17ClN2O4/c1-10-7-14(15(24-3)9-13(10)18)20-17(22)16(21)19-11-5-4-6-12(8-11)23-2/h4-9H,1-3H3,(H,19,21)(H,20,22). The lowest BCUT2D eigenvalue weighted by molar-refractivity contribution is -0.133. The van der Waals surface area contributed by atoms with E-state index < -0.39 is 11.8 Å². The number of aryl methyl sites for hydroxylation is 1. The van der Waals surface area contributed by atoms with Gasteiger partial charge in [-0.1, -0.05) is 17.7 Å². The molecule has 126 valence electrons. The van der Waals surface area contributed by atoms with Crippen molar-refractivity contribution in [2.75, 3.05) is 24.9 Å². The summed E-state index contributed by atoms with van der Waals surface area (Å²) in [7, 11) is 2.97. The highest BCUT2D eigenvalue weighted by Gasteiger charge is 2.17. The van der Waals surface area contributed by atoms with E-state index in [2.05, 4.69) is 10.6 Å². The highest BCUT2D eigenvalue weighted by Crippen LogP contribution is 2.30. The molecule has 0 aliphatic rings. The van der Waals surface area contributed by atoms with Crippen molar-refractivity contribution >= 4 is 34.8 Å². The van der Waals surface area contributed by atoms with Gasteiger partial charge in [-0.2, -0.15) is 0 Å². The first-order chi connectivity index (χ1) is 11.4. The Labute approximate surface area is 144 Å². The summed E-state index contributed by atoms with van der Waals surface area (Å²) in [5, 5.41) is 5.52. The smallest absolute Gasteiger partial charge is 0.314 e. The summed E-state index contributed by atoms with van der Waals surface area (Å²) >= 11 is 6.02. The minimum atomic E-state index is -0.821. The predicted octanol–water partition coefficient (Wildman–Crippen LogP) is 3.24. The van der Waals surface area contributed by atoms with E-state index in [-0.39, 0.29) is 0 Å². The van der Waals surface area contributed by atoms with Gasteiger partial charge in [0.2, 0.25) is 0 Å². The molecule has 0 unspecified atom stereocenters. The first kappa shape index (κ1) is 17.6. The molecule has 0 bridgehead atoms. The fourth-order valence-electron chi connectivity index (χ4n) is 2.00. The number of amides is 2. The molecule has 2 N–H and O–H groups in total. The summed E-state index contributed by atoms with van der Waals surface area (Å²) in [6.07, 6.45) is 0. The number of methoxy groups -OCH3 is 2. The van der Waals surface area contributed by atoms with Gasteiger partial charge in [0.1, 0.15) is 11.5 Å². The van der Waals surface area contributed by atoms with E-state index >= 15 is 0 Å². The lowest BCUT2D eigenvalue weighted by Gasteiger charge is -2.12.